The third-order valence-electron chi connectivity index (χ3n) is 4.76. The Bertz CT molecular complexity index is 1260. The summed E-state index contributed by atoms with van der Waals surface area (Å²) in [5.41, 5.74) is 0.134. The largest absolute Gasteiger partial charge is 0.507 e. The van der Waals surface area contributed by atoms with E-state index in [0.29, 0.717) is 23.1 Å². The van der Waals surface area contributed by atoms with Crippen molar-refractivity contribution in [2.45, 2.75) is 45.8 Å². The van der Waals surface area contributed by atoms with Crippen LogP contribution in [0, 0.1) is 6.92 Å². The van der Waals surface area contributed by atoms with Crippen molar-refractivity contribution in [2.24, 2.45) is 0 Å². The summed E-state index contributed by atoms with van der Waals surface area (Å²) in [6, 6.07) is 6.76. The van der Waals surface area contributed by atoms with Crippen LogP contribution >= 0.6 is 11.8 Å². The van der Waals surface area contributed by atoms with Crippen molar-refractivity contribution in [2.75, 3.05) is 12.0 Å². The average Bonchev–Trinajstić information content (AvgIpc) is 2.70. The first-order chi connectivity index (χ1) is 15.5. The van der Waals surface area contributed by atoms with E-state index in [1.54, 1.807) is 45.9 Å². The Morgan fingerprint density at radius 2 is 1.97 bits per heavy atom. The summed E-state index contributed by atoms with van der Waals surface area (Å²) in [5.74, 6) is -0.513. The Kier molecular flexibility index (Phi) is 7.22. The van der Waals surface area contributed by atoms with Gasteiger partial charge in [0.25, 0.3) is 0 Å². The second-order valence-electron chi connectivity index (χ2n) is 8.60. The van der Waals surface area contributed by atoms with E-state index >= 15 is 0 Å². The number of phenolic OH excluding ortho intramolecular Hbond substituents is 1. The molecule has 1 aromatic heterocycles. The fraction of sp³-hybridized carbons (Fsp3) is 0.375. The molecule has 0 saturated carbocycles. The van der Waals surface area contributed by atoms with E-state index in [4.69, 9.17) is 13.9 Å². The predicted octanol–water partition coefficient (Wildman–Crippen LogP) is 4.51. The van der Waals surface area contributed by atoms with Gasteiger partial charge >= 0.3 is 12.1 Å². The molecule has 0 fully saturated rings. The molecule has 3 rings (SSSR count). The van der Waals surface area contributed by atoms with Crippen molar-refractivity contribution >= 4 is 45.8 Å². The minimum Gasteiger partial charge on any atom is -0.507 e. The van der Waals surface area contributed by atoms with Gasteiger partial charge in [-0.3, -0.25) is 4.79 Å². The van der Waals surface area contributed by atoms with Crippen LogP contribution in [0.2, 0.25) is 0 Å². The van der Waals surface area contributed by atoms with Gasteiger partial charge < -0.3 is 24.3 Å². The molecule has 33 heavy (non-hydrogen) atoms. The highest BCUT2D eigenvalue weighted by Crippen LogP contribution is 2.31. The minimum absolute atomic E-state index is 0.00119. The smallest absolute Gasteiger partial charge is 0.408 e. The van der Waals surface area contributed by atoms with Crippen molar-refractivity contribution < 1.29 is 28.6 Å². The number of nitrogens with one attached hydrogen (secondary N) is 1. The highest BCUT2D eigenvalue weighted by molar-refractivity contribution is 7.98. The van der Waals surface area contributed by atoms with Crippen molar-refractivity contribution in [3.05, 3.63) is 46.1 Å². The second-order valence-corrected chi connectivity index (χ2v) is 9.59. The lowest BCUT2D eigenvalue weighted by Gasteiger charge is -2.22. The Balaban J connectivity index is 1.92. The maximum absolute atomic E-state index is 12.9. The molecule has 1 atom stereocenters. The Labute approximate surface area is 195 Å². The topological polar surface area (TPSA) is 115 Å². The molecule has 0 aliphatic carbocycles. The van der Waals surface area contributed by atoms with Crippen LogP contribution in [-0.2, 0) is 9.53 Å². The number of fused-ring (bicyclic) bond motifs is 2. The quantitative estimate of drug-likeness (QED) is 0.305. The van der Waals surface area contributed by atoms with E-state index in [9.17, 15) is 19.5 Å². The van der Waals surface area contributed by atoms with E-state index in [1.807, 2.05) is 6.26 Å². The molecule has 0 spiro atoms. The van der Waals surface area contributed by atoms with Crippen molar-refractivity contribution in [3.63, 3.8) is 0 Å². The summed E-state index contributed by atoms with van der Waals surface area (Å²) in [5, 5.41) is 13.4. The number of rotatable bonds is 6. The highest BCUT2D eigenvalue weighted by Gasteiger charge is 2.26. The lowest BCUT2D eigenvalue weighted by atomic mass is 10.1. The molecule has 1 amide bonds. The number of aromatic hydroxyl groups is 1. The highest BCUT2D eigenvalue weighted by atomic mass is 32.2. The molecule has 3 aromatic rings. The third kappa shape index (κ3) is 5.78. The summed E-state index contributed by atoms with van der Waals surface area (Å²) >= 11 is 1.51. The Morgan fingerprint density at radius 3 is 2.64 bits per heavy atom. The first-order valence-corrected chi connectivity index (χ1v) is 11.8. The van der Waals surface area contributed by atoms with Crippen LogP contribution in [0.3, 0.4) is 0 Å². The first kappa shape index (κ1) is 24.4. The summed E-state index contributed by atoms with van der Waals surface area (Å²) < 4.78 is 16.5. The second kappa shape index (κ2) is 9.74. The van der Waals surface area contributed by atoms with Crippen LogP contribution in [-0.4, -0.2) is 40.8 Å². The van der Waals surface area contributed by atoms with Gasteiger partial charge in [-0.05, 0) is 57.8 Å². The van der Waals surface area contributed by atoms with Crippen LogP contribution in [0.1, 0.15) is 32.8 Å². The van der Waals surface area contributed by atoms with Crippen LogP contribution < -0.4 is 15.5 Å². The van der Waals surface area contributed by atoms with Gasteiger partial charge in [-0.15, -0.1) is 0 Å². The Hall–Kier alpha value is -3.20. The molecule has 0 saturated heterocycles. The van der Waals surface area contributed by atoms with E-state index < -0.39 is 23.7 Å². The van der Waals surface area contributed by atoms with Crippen LogP contribution in [0.4, 0.5) is 4.79 Å². The van der Waals surface area contributed by atoms with Gasteiger partial charge in [-0.25, -0.2) is 9.59 Å². The number of carbonyl (C=O) groups excluding carboxylic acids is 2. The number of amides is 1. The van der Waals surface area contributed by atoms with E-state index in [-0.39, 0.29) is 27.9 Å². The zero-order chi connectivity index (χ0) is 24.3. The molecule has 9 heteroatoms. The molecule has 0 unspecified atom stereocenters. The number of carbonyl (C=O) groups is 2. The number of hydrogen-bond donors (Lipinski definition) is 2. The lowest BCUT2D eigenvalue weighted by Crippen LogP contribution is -2.45. The van der Waals surface area contributed by atoms with E-state index in [1.165, 1.54) is 23.9 Å². The number of benzene rings is 2. The van der Waals surface area contributed by atoms with Gasteiger partial charge in [0.1, 0.15) is 39.7 Å². The maximum atomic E-state index is 12.9. The number of alkyl carbamates (subject to hydrolysis) is 1. The maximum Gasteiger partial charge on any atom is 0.408 e. The number of phenols is 1. The van der Waals surface area contributed by atoms with Crippen molar-refractivity contribution in [1.29, 1.82) is 0 Å². The van der Waals surface area contributed by atoms with Crippen molar-refractivity contribution in [1.82, 2.24) is 5.32 Å². The van der Waals surface area contributed by atoms with Crippen LogP contribution in [0.15, 0.2) is 39.5 Å². The number of ether oxygens (including phenoxy) is 2. The predicted molar refractivity (Wildman–Crippen MR) is 128 cm³/mol. The molecule has 176 valence electrons. The molecule has 0 bridgehead atoms. The SMILES string of the molecule is CSCC[C@@H](NC(=O)OC(C)(C)C)C(=O)Oc1cc(O)c2c(=O)c3cccc(C)c3oc2c1. The van der Waals surface area contributed by atoms with Crippen molar-refractivity contribution in [3.8, 4) is 11.5 Å². The molecule has 2 N–H and O–H groups in total. The molecule has 0 radical (unpaired) electrons. The number of aryl methyl sites for hydroxylation is 1. The molecule has 0 aliphatic heterocycles. The Morgan fingerprint density at radius 1 is 1.24 bits per heavy atom. The standard InChI is InChI=1S/C24H27NO7S/c1-13-7-6-8-15-20(27)19-17(26)11-14(12-18(19)31-21(13)15)30-22(28)16(9-10-33-5)25-23(29)32-24(2,3)4/h6-8,11-12,16,26H,9-10H2,1-5H3,(H,25,29)/t16-/m1/s1. The number of para-hydroxylation sites is 1. The van der Waals surface area contributed by atoms with E-state index in [0.717, 1.165) is 5.56 Å². The zero-order valence-electron chi connectivity index (χ0n) is 19.2. The summed E-state index contributed by atoms with van der Waals surface area (Å²) in [6.45, 7) is 6.97. The fourth-order valence-electron chi connectivity index (χ4n) is 3.28. The van der Waals surface area contributed by atoms with Gasteiger partial charge in [0, 0.05) is 12.1 Å². The van der Waals surface area contributed by atoms with Gasteiger partial charge in [0.05, 0.1) is 5.39 Å². The van der Waals surface area contributed by atoms with Gasteiger partial charge in [-0.2, -0.15) is 11.8 Å². The summed E-state index contributed by atoms with van der Waals surface area (Å²) in [6.07, 6.45) is 1.46. The molecule has 0 aliphatic rings. The summed E-state index contributed by atoms with van der Waals surface area (Å²) in [4.78, 5) is 37.9. The normalized spacial score (nSPS) is 12.5. The van der Waals surface area contributed by atoms with Crippen LogP contribution in [0.25, 0.3) is 21.9 Å². The molecular weight excluding hydrogens is 446 g/mol. The van der Waals surface area contributed by atoms with Crippen LogP contribution in [0.5, 0.6) is 11.5 Å². The van der Waals surface area contributed by atoms with E-state index in [2.05, 4.69) is 5.32 Å². The lowest BCUT2D eigenvalue weighted by molar-refractivity contribution is -0.136. The fourth-order valence-corrected chi connectivity index (χ4v) is 3.75. The third-order valence-corrected chi connectivity index (χ3v) is 5.40. The average molecular weight is 474 g/mol. The molecule has 2 aromatic carbocycles. The summed E-state index contributed by atoms with van der Waals surface area (Å²) in [7, 11) is 0. The molecular formula is C24H27NO7S. The first-order valence-electron chi connectivity index (χ1n) is 10.4. The number of thioether (sulfide) groups is 1. The number of esters is 1. The number of hydrogen-bond acceptors (Lipinski definition) is 8. The minimum atomic E-state index is -0.962. The molecule has 8 nitrogen and oxygen atoms in total. The molecule has 1 heterocycles. The van der Waals surface area contributed by atoms with Gasteiger partial charge in [0.2, 0.25) is 5.43 Å². The monoisotopic (exact) mass is 473 g/mol. The van der Waals surface area contributed by atoms with Gasteiger partial charge in [0.15, 0.2) is 0 Å². The zero-order valence-corrected chi connectivity index (χ0v) is 20.0. The van der Waals surface area contributed by atoms with Gasteiger partial charge in [-0.1, -0.05) is 12.1 Å².